The lowest BCUT2D eigenvalue weighted by Crippen LogP contribution is -2.61. The molecule has 1 aromatic rings. The highest BCUT2D eigenvalue weighted by molar-refractivity contribution is 8.47. The molecular weight excluding hydrogens is 492 g/mol. The minimum Gasteiger partial charge on any atom is -0.463 e. The molecule has 0 spiro atoms. The van der Waals surface area contributed by atoms with Crippen LogP contribution in [-0.4, -0.2) is 63.9 Å². The van der Waals surface area contributed by atoms with E-state index in [4.69, 9.17) is 35.9 Å². The summed E-state index contributed by atoms with van der Waals surface area (Å²) >= 11 is 7.86. The van der Waals surface area contributed by atoms with Crippen LogP contribution < -0.4 is 0 Å². The van der Waals surface area contributed by atoms with Gasteiger partial charge in [-0.25, -0.2) is 0 Å². The van der Waals surface area contributed by atoms with Crippen molar-refractivity contribution in [1.82, 2.24) is 0 Å². The summed E-state index contributed by atoms with van der Waals surface area (Å²) < 4.78 is 27.7. The molecule has 0 radical (unpaired) electrons. The average molecular weight is 517 g/mol. The van der Waals surface area contributed by atoms with Crippen molar-refractivity contribution in [3.8, 4) is 0 Å². The van der Waals surface area contributed by atoms with Gasteiger partial charge in [0, 0.05) is 32.6 Å². The van der Waals surface area contributed by atoms with Crippen molar-refractivity contribution in [1.29, 1.82) is 0 Å². The zero-order chi connectivity index (χ0) is 24.5. The van der Waals surface area contributed by atoms with E-state index in [2.05, 4.69) is 0 Å². The summed E-state index contributed by atoms with van der Waals surface area (Å²) in [5.41, 5.74) is -0.936. The second-order valence-electron chi connectivity index (χ2n) is 6.85. The monoisotopic (exact) mass is 516 g/mol. The Morgan fingerprint density at radius 2 is 1.39 bits per heavy atom. The van der Waals surface area contributed by atoms with Gasteiger partial charge < -0.3 is 23.7 Å². The lowest BCUT2D eigenvalue weighted by Gasteiger charge is -2.44. The second kappa shape index (κ2) is 12.9. The number of thioether (sulfide) groups is 2. The number of carbonyl (C=O) groups is 4. The van der Waals surface area contributed by atoms with Gasteiger partial charge in [0.15, 0.2) is 18.3 Å². The van der Waals surface area contributed by atoms with Crippen LogP contribution in [0, 0.1) is 0 Å². The molecule has 9 nitrogen and oxygen atoms in total. The second-order valence-corrected chi connectivity index (χ2v) is 10.2. The zero-order valence-electron chi connectivity index (χ0n) is 18.4. The fourth-order valence-electron chi connectivity index (χ4n) is 2.99. The molecule has 3 unspecified atom stereocenters. The highest BCUT2D eigenvalue weighted by Crippen LogP contribution is 2.38. The Balaban J connectivity index is 2.35. The molecule has 12 heteroatoms. The standard InChI is InChI=1S/C21H24O9S3/c1-11(22)26-10-16-17(27-12(2)23)18(28-13(3)24)19(29-14(4)25)20(30-16)33-21(31)32-15-8-6-5-7-9-15/h5-9,16-20H,10H2,1-4H3/t16?,17-,18?,19?,20+/m1/s1. The predicted octanol–water partition coefficient (Wildman–Crippen LogP) is 2.88. The molecule has 1 aromatic carbocycles. The normalized spacial score (nSPS) is 24.3. The van der Waals surface area contributed by atoms with Gasteiger partial charge in [0.2, 0.25) is 0 Å². The Hall–Kier alpha value is -2.15. The Morgan fingerprint density at radius 1 is 0.848 bits per heavy atom. The number of esters is 4. The van der Waals surface area contributed by atoms with Crippen LogP contribution in [0.15, 0.2) is 35.2 Å². The molecule has 0 aromatic heterocycles. The summed E-state index contributed by atoms with van der Waals surface area (Å²) in [6, 6.07) is 9.36. The molecule has 0 aliphatic carbocycles. The Morgan fingerprint density at radius 3 is 1.94 bits per heavy atom. The molecule has 1 heterocycles. The first kappa shape index (κ1) is 27.1. The van der Waals surface area contributed by atoms with Crippen molar-refractivity contribution in [2.24, 2.45) is 0 Å². The van der Waals surface area contributed by atoms with Gasteiger partial charge in [-0.2, -0.15) is 0 Å². The van der Waals surface area contributed by atoms with Gasteiger partial charge in [0.1, 0.15) is 21.7 Å². The van der Waals surface area contributed by atoms with Crippen LogP contribution in [0.1, 0.15) is 27.7 Å². The molecule has 0 amide bonds. The Kier molecular flexibility index (Phi) is 10.6. The molecule has 1 aliphatic rings. The van der Waals surface area contributed by atoms with Crippen LogP contribution in [0.3, 0.4) is 0 Å². The Labute approximate surface area is 205 Å². The maximum absolute atomic E-state index is 11.9. The number of ether oxygens (including phenoxy) is 5. The number of thiocarbonyl (C=S) groups is 1. The fourth-order valence-corrected chi connectivity index (χ4v) is 5.54. The van der Waals surface area contributed by atoms with Gasteiger partial charge in [-0.1, -0.05) is 53.9 Å². The van der Waals surface area contributed by atoms with E-state index in [9.17, 15) is 19.2 Å². The molecule has 180 valence electrons. The van der Waals surface area contributed by atoms with Crippen LogP contribution >= 0.6 is 35.7 Å². The van der Waals surface area contributed by atoms with Crippen LogP contribution in [0.25, 0.3) is 0 Å². The van der Waals surface area contributed by atoms with E-state index >= 15 is 0 Å². The topological polar surface area (TPSA) is 114 Å². The third-order valence-corrected chi connectivity index (χ3v) is 6.66. The number of hydrogen-bond donors (Lipinski definition) is 0. The molecule has 5 atom stereocenters. The molecule has 0 N–H and O–H groups in total. The first-order valence-electron chi connectivity index (χ1n) is 9.80. The molecule has 1 fully saturated rings. The van der Waals surface area contributed by atoms with E-state index < -0.39 is 53.7 Å². The van der Waals surface area contributed by atoms with Crippen LogP contribution in [0.4, 0.5) is 0 Å². The van der Waals surface area contributed by atoms with Crippen LogP contribution in [0.2, 0.25) is 0 Å². The number of carbonyl (C=O) groups excluding carboxylic acids is 4. The molecule has 0 bridgehead atoms. The maximum atomic E-state index is 11.9. The van der Waals surface area contributed by atoms with Gasteiger partial charge in [0.05, 0.1) is 0 Å². The van der Waals surface area contributed by atoms with Crippen molar-refractivity contribution in [3.63, 3.8) is 0 Å². The van der Waals surface area contributed by atoms with Crippen molar-refractivity contribution in [2.75, 3.05) is 6.61 Å². The number of hydrogen-bond acceptors (Lipinski definition) is 12. The average Bonchev–Trinajstić information content (AvgIpc) is 2.70. The van der Waals surface area contributed by atoms with E-state index in [0.29, 0.717) is 3.53 Å². The largest absolute Gasteiger partial charge is 0.463 e. The third kappa shape index (κ3) is 8.95. The zero-order valence-corrected chi connectivity index (χ0v) is 20.8. The lowest BCUT2D eigenvalue weighted by molar-refractivity contribution is -0.237. The highest BCUT2D eigenvalue weighted by atomic mass is 32.2. The fraction of sp³-hybridized carbons (Fsp3) is 0.476. The van der Waals surface area contributed by atoms with Gasteiger partial charge in [-0.3, -0.25) is 19.2 Å². The van der Waals surface area contributed by atoms with Crippen molar-refractivity contribution < 1.29 is 42.9 Å². The van der Waals surface area contributed by atoms with Gasteiger partial charge >= 0.3 is 23.9 Å². The highest BCUT2D eigenvalue weighted by Gasteiger charge is 2.52. The maximum Gasteiger partial charge on any atom is 0.303 e. The summed E-state index contributed by atoms with van der Waals surface area (Å²) in [6.07, 6.45) is -4.56. The summed E-state index contributed by atoms with van der Waals surface area (Å²) in [6.45, 7) is 4.46. The van der Waals surface area contributed by atoms with Crippen molar-refractivity contribution in [2.45, 2.75) is 62.4 Å². The Bertz CT molecular complexity index is 877. The minimum atomic E-state index is -1.22. The summed E-state index contributed by atoms with van der Waals surface area (Å²) in [7, 11) is 0. The van der Waals surface area contributed by atoms with E-state index in [1.165, 1.54) is 39.5 Å². The number of benzene rings is 1. The lowest BCUT2D eigenvalue weighted by atomic mass is 9.99. The van der Waals surface area contributed by atoms with Crippen LogP contribution in [-0.2, 0) is 42.9 Å². The van der Waals surface area contributed by atoms with Gasteiger partial charge in [0.25, 0.3) is 0 Å². The molecule has 2 rings (SSSR count). The summed E-state index contributed by atoms with van der Waals surface area (Å²) in [4.78, 5) is 47.7. The van der Waals surface area contributed by atoms with E-state index in [1.807, 2.05) is 30.3 Å². The van der Waals surface area contributed by atoms with Crippen molar-refractivity contribution >= 4 is 63.1 Å². The summed E-state index contributed by atoms with van der Waals surface area (Å²) in [5.74, 6) is -2.61. The molecule has 0 saturated carbocycles. The molecule has 1 saturated heterocycles. The van der Waals surface area contributed by atoms with Crippen molar-refractivity contribution in [3.05, 3.63) is 30.3 Å². The number of rotatable bonds is 7. The summed E-state index contributed by atoms with van der Waals surface area (Å²) in [5, 5.41) is 0. The molecule has 33 heavy (non-hydrogen) atoms. The van der Waals surface area contributed by atoms with E-state index in [1.54, 1.807) is 0 Å². The molecular formula is C21H24O9S3. The van der Waals surface area contributed by atoms with Crippen LogP contribution in [0.5, 0.6) is 0 Å². The van der Waals surface area contributed by atoms with Gasteiger partial charge in [-0.05, 0) is 12.1 Å². The predicted molar refractivity (Wildman–Crippen MR) is 124 cm³/mol. The molecule has 1 aliphatic heterocycles. The quantitative estimate of drug-likeness (QED) is 0.230. The minimum absolute atomic E-state index is 0.284. The third-order valence-electron chi connectivity index (χ3n) is 4.10. The van der Waals surface area contributed by atoms with E-state index in [0.717, 1.165) is 16.7 Å². The first-order valence-corrected chi connectivity index (χ1v) is 11.9. The van der Waals surface area contributed by atoms with Gasteiger partial charge in [-0.15, -0.1) is 0 Å². The SMILES string of the molecule is CC(=O)OCC1O[C@@H](SC(=S)Sc2ccccc2)C(OC(C)=O)C(OC(C)=O)[C@@H]1OC(C)=O. The smallest absolute Gasteiger partial charge is 0.303 e. The first-order chi connectivity index (χ1) is 15.6. The van der Waals surface area contributed by atoms with E-state index in [-0.39, 0.29) is 6.61 Å².